The molecule has 0 aromatic rings. The van der Waals surface area contributed by atoms with Gasteiger partial charge in [0, 0.05) is 17.6 Å². The van der Waals surface area contributed by atoms with Crippen molar-refractivity contribution in [1.82, 2.24) is 4.90 Å². The summed E-state index contributed by atoms with van der Waals surface area (Å²) in [4.78, 5) is 2.58. The van der Waals surface area contributed by atoms with Crippen LogP contribution in [0.2, 0.25) is 0 Å². The third-order valence-electron chi connectivity index (χ3n) is 3.18. The highest BCUT2D eigenvalue weighted by Crippen LogP contribution is 2.33. The molecule has 0 unspecified atom stereocenters. The first-order valence-corrected chi connectivity index (χ1v) is 6.11. The van der Waals surface area contributed by atoms with Crippen LogP contribution in [0.3, 0.4) is 0 Å². The minimum absolute atomic E-state index is 1.07. The van der Waals surface area contributed by atoms with Crippen molar-refractivity contribution in [1.29, 1.82) is 0 Å². The van der Waals surface area contributed by atoms with Crippen molar-refractivity contribution in [3.8, 4) is 0 Å². The SMILES string of the molecule is CC1=C(Br)CN(CCC2CC2)CC1. The van der Waals surface area contributed by atoms with Crippen LogP contribution in [-0.2, 0) is 0 Å². The number of nitrogens with zero attached hydrogens (tertiary/aromatic N) is 1. The van der Waals surface area contributed by atoms with Gasteiger partial charge >= 0.3 is 0 Å². The van der Waals surface area contributed by atoms with Crippen LogP contribution in [-0.4, -0.2) is 24.5 Å². The molecule has 0 atom stereocenters. The largest absolute Gasteiger partial charge is 0.298 e. The molecule has 2 heteroatoms. The molecule has 1 aliphatic heterocycles. The minimum atomic E-state index is 1.07. The van der Waals surface area contributed by atoms with Gasteiger partial charge in [-0.15, -0.1) is 0 Å². The minimum Gasteiger partial charge on any atom is -0.298 e. The lowest BCUT2D eigenvalue weighted by atomic mass is 10.1. The zero-order chi connectivity index (χ0) is 9.26. The van der Waals surface area contributed by atoms with Crippen LogP contribution in [0.4, 0.5) is 0 Å². The third-order valence-corrected chi connectivity index (χ3v) is 4.11. The maximum absolute atomic E-state index is 3.65. The Bertz CT molecular complexity index is 218. The zero-order valence-corrected chi connectivity index (χ0v) is 9.94. The molecule has 0 aromatic heterocycles. The van der Waals surface area contributed by atoms with Gasteiger partial charge in [0.05, 0.1) is 0 Å². The van der Waals surface area contributed by atoms with E-state index in [4.69, 9.17) is 0 Å². The molecule has 0 saturated heterocycles. The molecule has 0 N–H and O–H groups in total. The van der Waals surface area contributed by atoms with Gasteiger partial charge in [-0.2, -0.15) is 0 Å². The number of hydrogen-bond donors (Lipinski definition) is 0. The second kappa shape index (κ2) is 4.14. The molecular formula is C11H18BrN. The summed E-state index contributed by atoms with van der Waals surface area (Å²) < 4.78 is 1.43. The molecule has 1 saturated carbocycles. The lowest BCUT2D eigenvalue weighted by Crippen LogP contribution is -2.31. The Kier molecular flexibility index (Phi) is 3.10. The first-order chi connectivity index (χ1) is 6.25. The van der Waals surface area contributed by atoms with Crippen LogP contribution in [0.15, 0.2) is 10.1 Å². The summed E-state index contributed by atoms with van der Waals surface area (Å²) in [6, 6.07) is 0. The van der Waals surface area contributed by atoms with Gasteiger partial charge in [-0.1, -0.05) is 34.3 Å². The van der Waals surface area contributed by atoms with E-state index < -0.39 is 0 Å². The fourth-order valence-corrected chi connectivity index (χ4v) is 2.39. The maximum Gasteiger partial charge on any atom is 0.0299 e. The fraction of sp³-hybridized carbons (Fsp3) is 0.818. The Morgan fingerprint density at radius 3 is 2.85 bits per heavy atom. The van der Waals surface area contributed by atoms with Gasteiger partial charge in [-0.25, -0.2) is 0 Å². The second-order valence-corrected chi connectivity index (χ2v) is 5.40. The molecule has 0 radical (unpaired) electrons. The van der Waals surface area contributed by atoms with Crippen molar-refractivity contribution in [3.05, 3.63) is 10.1 Å². The first kappa shape index (κ1) is 9.72. The van der Waals surface area contributed by atoms with Gasteiger partial charge in [0.25, 0.3) is 0 Å². The molecule has 74 valence electrons. The van der Waals surface area contributed by atoms with Gasteiger partial charge < -0.3 is 0 Å². The van der Waals surface area contributed by atoms with E-state index in [1.54, 1.807) is 5.57 Å². The van der Waals surface area contributed by atoms with Crippen molar-refractivity contribution in [2.75, 3.05) is 19.6 Å². The molecule has 2 rings (SSSR count). The second-order valence-electron chi connectivity index (χ2n) is 4.44. The van der Waals surface area contributed by atoms with E-state index in [2.05, 4.69) is 27.8 Å². The van der Waals surface area contributed by atoms with E-state index in [0.29, 0.717) is 0 Å². The average molecular weight is 244 g/mol. The number of rotatable bonds is 3. The zero-order valence-electron chi connectivity index (χ0n) is 8.35. The fourth-order valence-electron chi connectivity index (χ4n) is 1.83. The molecule has 1 nitrogen and oxygen atoms in total. The molecule has 1 aliphatic carbocycles. The topological polar surface area (TPSA) is 3.24 Å². The lowest BCUT2D eigenvalue weighted by Gasteiger charge is -2.27. The van der Waals surface area contributed by atoms with E-state index in [1.165, 1.54) is 43.3 Å². The molecule has 0 amide bonds. The molecular weight excluding hydrogens is 226 g/mol. The van der Waals surface area contributed by atoms with Gasteiger partial charge in [0.2, 0.25) is 0 Å². The highest BCUT2D eigenvalue weighted by Gasteiger charge is 2.22. The van der Waals surface area contributed by atoms with Crippen molar-refractivity contribution in [2.24, 2.45) is 5.92 Å². The summed E-state index contributed by atoms with van der Waals surface area (Å²) in [7, 11) is 0. The van der Waals surface area contributed by atoms with Crippen molar-refractivity contribution in [3.63, 3.8) is 0 Å². The van der Waals surface area contributed by atoms with Gasteiger partial charge in [-0.05, 0) is 32.2 Å². The number of hydrogen-bond acceptors (Lipinski definition) is 1. The molecule has 1 heterocycles. The van der Waals surface area contributed by atoms with Crippen molar-refractivity contribution < 1.29 is 0 Å². The van der Waals surface area contributed by atoms with Gasteiger partial charge in [-0.3, -0.25) is 4.90 Å². The standard InChI is InChI=1S/C11H18BrN/c1-9-4-6-13(8-11(9)12)7-5-10-2-3-10/h10H,2-8H2,1H3. The molecule has 13 heavy (non-hydrogen) atoms. The highest BCUT2D eigenvalue weighted by atomic mass is 79.9. The summed E-state index contributed by atoms with van der Waals surface area (Å²) >= 11 is 3.65. The van der Waals surface area contributed by atoms with Crippen LogP contribution in [0.5, 0.6) is 0 Å². The van der Waals surface area contributed by atoms with E-state index >= 15 is 0 Å². The summed E-state index contributed by atoms with van der Waals surface area (Å²) in [5.74, 6) is 1.07. The molecule has 0 aromatic carbocycles. The predicted molar refractivity (Wildman–Crippen MR) is 60.0 cm³/mol. The highest BCUT2D eigenvalue weighted by molar-refractivity contribution is 9.11. The number of halogens is 1. The van der Waals surface area contributed by atoms with Crippen LogP contribution >= 0.6 is 15.9 Å². The van der Waals surface area contributed by atoms with Gasteiger partial charge in [0.1, 0.15) is 0 Å². The van der Waals surface area contributed by atoms with E-state index in [9.17, 15) is 0 Å². The summed E-state index contributed by atoms with van der Waals surface area (Å²) in [5, 5.41) is 0. The predicted octanol–water partition coefficient (Wildman–Crippen LogP) is 3.16. The Hall–Kier alpha value is 0.180. The summed E-state index contributed by atoms with van der Waals surface area (Å²) in [5.41, 5.74) is 1.54. The van der Waals surface area contributed by atoms with E-state index in [1.807, 2.05) is 0 Å². The van der Waals surface area contributed by atoms with Crippen LogP contribution in [0.25, 0.3) is 0 Å². The average Bonchev–Trinajstić information content (AvgIpc) is 2.91. The van der Waals surface area contributed by atoms with Crippen LogP contribution in [0.1, 0.15) is 32.6 Å². The molecule has 0 bridgehead atoms. The smallest absolute Gasteiger partial charge is 0.0299 e. The van der Waals surface area contributed by atoms with Crippen molar-refractivity contribution in [2.45, 2.75) is 32.6 Å². The lowest BCUT2D eigenvalue weighted by molar-refractivity contribution is 0.282. The van der Waals surface area contributed by atoms with E-state index in [0.717, 1.165) is 12.5 Å². The Labute approximate surface area is 89.3 Å². The maximum atomic E-state index is 3.65. The Morgan fingerprint density at radius 2 is 2.23 bits per heavy atom. The molecule has 0 spiro atoms. The van der Waals surface area contributed by atoms with Crippen LogP contribution < -0.4 is 0 Å². The Balaban J connectivity index is 1.75. The van der Waals surface area contributed by atoms with Crippen LogP contribution in [0, 0.1) is 5.92 Å². The quantitative estimate of drug-likeness (QED) is 0.737. The van der Waals surface area contributed by atoms with E-state index in [-0.39, 0.29) is 0 Å². The van der Waals surface area contributed by atoms with Gasteiger partial charge in [0.15, 0.2) is 0 Å². The molecule has 1 fully saturated rings. The first-order valence-electron chi connectivity index (χ1n) is 5.32. The summed E-state index contributed by atoms with van der Waals surface area (Å²) in [6.07, 6.45) is 5.67. The normalized spacial score (nSPS) is 25.4. The summed E-state index contributed by atoms with van der Waals surface area (Å²) in [6.45, 7) is 5.97. The Morgan fingerprint density at radius 1 is 1.46 bits per heavy atom. The van der Waals surface area contributed by atoms with Crippen molar-refractivity contribution >= 4 is 15.9 Å². The monoisotopic (exact) mass is 243 g/mol. The third kappa shape index (κ3) is 2.81. The molecule has 2 aliphatic rings.